The summed E-state index contributed by atoms with van der Waals surface area (Å²) in [4.78, 5) is 9.74. The molecule has 8 aromatic rings. The lowest BCUT2D eigenvalue weighted by atomic mass is 9.59. The maximum atomic E-state index is 6.81. The Morgan fingerprint density at radius 2 is 1.04 bits per heavy atom. The minimum absolute atomic E-state index is 0.0250. The Kier molecular flexibility index (Phi) is 5.65. The first kappa shape index (κ1) is 27.5. The molecule has 11 rings (SSSR count). The highest BCUT2D eigenvalue weighted by Gasteiger charge is 2.56. The molecule has 2 aromatic heterocycles. The maximum Gasteiger partial charge on any atom is 0.227 e. The number of oxazole rings is 2. The lowest BCUT2D eigenvalue weighted by Gasteiger charge is -2.47. The van der Waals surface area contributed by atoms with Crippen LogP contribution in [0.15, 0.2) is 167 Å². The molecule has 2 atom stereocenters. The topological polar surface area (TPSA) is 61.3 Å². The molecule has 2 unspecified atom stereocenters. The van der Waals surface area contributed by atoms with E-state index in [9.17, 15) is 0 Å². The van der Waals surface area contributed by atoms with Gasteiger partial charge in [0.15, 0.2) is 11.2 Å². The highest BCUT2D eigenvalue weighted by Crippen LogP contribution is 2.62. The van der Waals surface area contributed by atoms with Crippen LogP contribution in [0.2, 0.25) is 0 Å². The largest absolute Gasteiger partial charge is 0.485 e. The lowest BCUT2D eigenvalue weighted by Crippen LogP contribution is -2.47. The van der Waals surface area contributed by atoms with Gasteiger partial charge in [0.05, 0.1) is 5.41 Å². The third kappa shape index (κ3) is 3.83. The Balaban J connectivity index is 1.14. The summed E-state index contributed by atoms with van der Waals surface area (Å²) < 4.78 is 19.4. The first-order valence-electron chi connectivity index (χ1n) is 17.0. The van der Waals surface area contributed by atoms with E-state index >= 15 is 0 Å². The Labute approximate surface area is 287 Å². The molecule has 2 aliphatic carbocycles. The third-order valence-electron chi connectivity index (χ3n) is 10.6. The zero-order valence-electron chi connectivity index (χ0n) is 26.8. The summed E-state index contributed by atoms with van der Waals surface area (Å²) in [7, 11) is 0. The quantitative estimate of drug-likeness (QED) is 0.192. The minimum Gasteiger partial charge on any atom is -0.485 e. The summed E-state index contributed by atoms with van der Waals surface area (Å²) >= 11 is 0. The van der Waals surface area contributed by atoms with E-state index in [0.717, 1.165) is 50.2 Å². The van der Waals surface area contributed by atoms with Gasteiger partial charge in [0.25, 0.3) is 0 Å². The molecule has 0 fully saturated rings. The van der Waals surface area contributed by atoms with Crippen LogP contribution in [0.3, 0.4) is 0 Å². The van der Waals surface area contributed by atoms with E-state index in [0.29, 0.717) is 11.8 Å². The standard InChI is InChI=1S/C45H28N2O3/c1-3-13-33-31(11-1)32-12-2-4-14-34(32)45(33)35-15-5-8-18-39(35)48-40-22-21-27(26-36(40)45)28-23-29(43-46-37-16-6-9-19-41(37)49-43)25-30(24-28)44-47-38-17-7-10-20-42(38)50-44/h1-26,36,40H. The Hall–Kier alpha value is -6.46. The minimum atomic E-state index is -0.441. The van der Waals surface area contributed by atoms with Gasteiger partial charge < -0.3 is 13.6 Å². The van der Waals surface area contributed by atoms with Crippen molar-refractivity contribution in [1.29, 1.82) is 0 Å². The van der Waals surface area contributed by atoms with Crippen LogP contribution in [-0.4, -0.2) is 16.1 Å². The van der Waals surface area contributed by atoms with Crippen LogP contribution in [0.1, 0.15) is 22.3 Å². The smallest absolute Gasteiger partial charge is 0.227 e. The Bertz CT molecular complexity index is 2530. The van der Waals surface area contributed by atoms with Gasteiger partial charge in [-0.1, -0.05) is 103 Å². The van der Waals surface area contributed by atoms with Gasteiger partial charge in [0.1, 0.15) is 22.9 Å². The maximum absolute atomic E-state index is 6.81. The molecule has 3 aliphatic rings. The zero-order chi connectivity index (χ0) is 32.8. The van der Waals surface area contributed by atoms with Gasteiger partial charge in [-0.25, -0.2) is 9.97 Å². The van der Waals surface area contributed by atoms with Crippen molar-refractivity contribution in [3.63, 3.8) is 0 Å². The van der Waals surface area contributed by atoms with Crippen LogP contribution in [0.25, 0.3) is 61.8 Å². The van der Waals surface area contributed by atoms with Gasteiger partial charge >= 0.3 is 0 Å². The lowest BCUT2D eigenvalue weighted by molar-refractivity contribution is 0.142. The molecule has 3 heterocycles. The monoisotopic (exact) mass is 644 g/mol. The molecule has 50 heavy (non-hydrogen) atoms. The van der Waals surface area contributed by atoms with Crippen molar-refractivity contribution in [1.82, 2.24) is 9.97 Å². The van der Waals surface area contributed by atoms with Gasteiger partial charge in [-0.3, -0.25) is 0 Å². The number of ether oxygens (including phenoxy) is 1. The average Bonchev–Trinajstić information content (AvgIpc) is 3.89. The molecule has 0 radical (unpaired) electrons. The second-order valence-electron chi connectivity index (χ2n) is 13.3. The predicted octanol–water partition coefficient (Wildman–Crippen LogP) is 10.6. The number of fused-ring (bicyclic) bond motifs is 11. The molecule has 6 aromatic carbocycles. The number of hydrogen-bond acceptors (Lipinski definition) is 5. The molecule has 0 amide bonds. The van der Waals surface area contributed by atoms with E-state index in [1.54, 1.807) is 0 Å². The molecule has 0 saturated heterocycles. The van der Waals surface area contributed by atoms with E-state index < -0.39 is 5.41 Å². The van der Waals surface area contributed by atoms with Crippen molar-refractivity contribution in [3.05, 3.63) is 180 Å². The second-order valence-corrected chi connectivity index (χ2v) is 13.3. The van der Waals surface area contributed by atoms with Crippen molar-refractivity contribution in [3.8, 4) is 39.8 Å². The van der Waals surface area contributed by atoms with Crippen LogP contribution in [0.4, 0.5) is 0 Å². The molecule has 0 saturated carbocycles. The number of rotatable bonds is 3. The number of para-hydroxylation sites is 5. The fraction of sp³-hybridized carbons (Fsp3) is 0.0667. The fourth-order valence-corrected chi connectivity index (χ4v) is 8.51. The molecule has 0 N–H and O–H groups in total. The molecular formula is C45H28N2O3. The third-order valence-corrected chi connectivity index (χ3v) is 10.6. The van der Waals surface area contributed by atoms with Crippen LogP contribution in [0, 0.1) is 5.92 Å². The number of allylic oxidation sites excluding steroid dienone is 2. The van der Waals surface area contributed by atoms with Crippen LogP contribution in [-0.2, 0) is 5.41 Å². The van der Waals surface area contributed by atoms with Crippen molar-refractivity contribution in [2.45, 2.75) is 11.5 Å². The van der Waals surface area contributed by atoms with E-state index in [4.69, 9.17) is 23.5 Å². The highest BCUT2D eigenvalue weighted by atomic mass is 16.5. The average molecular weight is 645 g/mol. The van der Waals surface area contributed by atoms with Gasteiger partial charge in [-0.15, -0.1) is 0 Å². The molecule has 5 nitrogen and oxygen atoms in total. The van der Waals surface area contributed by atoms with Gasteiger partial charge in [0, 0.05) is 22.6 Å². The first-order chi connectivity index (χ1) is 24.7. The number of nitrogens with zero attached hydrogens (tertiary/aromatic N) is 2. The zero-order valence-corrected chi connectivity index (χ0v) is 26.8. The molecule has 1 spiro atoms. The molecule has 236 valence electrons. The second kappa shape index (κ2) is 10.3. The van der Waals surface area contributed by atoms with E-state index in [1.807, 2.05) is 48.5 Å². The van der Waals surface area contributed by atoms with Gasteiger partial charge in [-0.05, 0) is 88.0 Å². The molecule has 0 bridgehead atoms. The van der Waals surface area contributed by atoms with Gasteiger partial charge in [-0.2, -0.15) is 0 Å². The summed E-state index contributed by atoms with van der Waals surface area (Å²) in [6.07, 6.45) is 6.67. The van der Waals surface area contributed by atoms with Crippen molar-refractivity contribution < 1.29 is 13.6 Å². The predicted molar refractivity (Wildman–Crippen MR) is 196 cm³/mol. The number of aromatic nitrogens is 2. The highest BCUT2D eigenvalue weighted by molar-refractivity contribution is 5.88. The number of hydrogen-bond donors (Lipinski definition) is 0. The Morgan fingerprint density at radius 3 is 1.66 bits per heavy atom. The SMILES string of the molecule is C1=CC2Oc3ccccc3C3(c4ccccc4-c4ccccc43)C2C=C1c1cc(-c2nc3ccccc3o2)cc(-c2nc3ccccc3o2)c1. The summed E-state index contributed by atoms with van der Waals surface area (Å²) in [5.74, 6) is 2.00. The van der Waals surface area contributed by atoms with Crippen LogP contribution >= 0.6 is 0 Å². The van der Waals surface area contributed by atoms with E-state index in [-0.39, 0.29) is 12.0 Å². The van der Waals surface area contributed by atoms with Gasteiger partial charge in [0.2, 0.25) is 11.8 Å². The van der Waals surface area contributed by atoms with Crippen molar-refractivity contribution in [2.75, 3.05) is 0 Å². The molecular weight excluding hydrogens is 617 g/mol. The first-order valence-corrected chi connectivity index (χ1v) is 17.0. The van der Waals surface area contributed by atoms with E-state index in [1.165, 1.54) is 27.8 Å². The normalized spacial score (nSPS) is 18.0. The van der Waals surface area contributed by atoms with Crippen molar-refractivity contribution in [2.24, 2.45) is 5.92 Å². The van der Waals surface area contributed by atoms with Crippen molar-refractivity contribution >= 4 is 27.8 Å². The molecule has 1 aliphatic heterocycles. The molecule has 5 heteroatoms. The number of benzene rings is 6. The summed E-state index contributed by atoms with van der Waals surface area (Å²) in [6, 6.07) is 48.4. The fourth-order valence-electron chi connectivity index (χ4n) is 8.51. The van der Waals surface area contributed by atoms with Crippen LogP contribution in [0.5, 0.6) is 5.75 Å². The van der Waals surface area contributed by atoms with Crippen LogP contribution < -0.4 is 4.74 Å². The Morgan fingerprint density at radius 1 is 0.520 bits per heavy atom. The summed E-state index contributed by atoms with van der Waals surface area (Å²) in [5, 5.41) is 0. The summed E-state index contributed by atoms with van der Waals surface area (Å²) in [6.45, 7) is 0. The summed E-state index contributed by atoms with van der Waals surface area (Å²) in [5.41, 5.74) is 12.9. The van der Waals surface area contributed by atoms with E-state index in [2.05, 4.69) is 109 Å².